The van der Waals surface area contributed by atoms with Gasteiger partial charge in [-0.1, -0.05) is 0 Å². The van der Waals surface area contributed by atoms with Crippen molar-refractivity contribution in [2.75, 3.05) is 6.54 Å². The molecule has 0 saturated heterocycles. The molecule has 0 aliphatic heterocycles. The van der Waals surface area contributed by atoms with Crippen LogP contribution in [0.2, 0.25) is 19.6 Å². The molecule has 0 aromatic heterocycles. The predicted octanol–water partition coefficient (Wildman–Crippen LogP) is 1.03. The van der Waals surface area contributed by atoms with Gasteiger partial charge >= 0.3 is 0 Å². The minimum atomic E-state index is -1.86. The lowest BCUT2D eigenvalue weighted by molar-refractivity contribution is -0.478. The molecule has 0 rings (SSSR count). The summed E-state index contributed by atoms with van der Waals surface area (Å²) < 4.78 is 4.98. The maximum atomic E-state index is 10.9. The highest BCUT2D eigenvalue weighted by molar-refractivity contribution is 6.71. The monoisotopic (exact) mass is 191 g/mol. The lowest BCUT2D eigenvalue weighted by atomic mass is 10.4. The highest BCUT2D eigenvalue weighted by Crippen LogP contribution is 2.03. The molecule has 12 heavy (non-hydrogen) atoms. The molecule has 0 aliphatic carbocycles. The molecule has 0 aliphatic rings. The maximum Gasteiger partial charge on any atom is 0.299 e. The molecular weight excluding hydrogens is 178 g/mol. The van der Waals surface area contributed by atoms with Crippen LogP contribution in [0.5, 0.6) is 0 Å². The van der Waals surface area contributed by atoms with Crippen LogP contribution in [0, 0.1) is 10.1 Å². The van der Waals surface area contributed by atoms with Crippen LogP contribution >= 0.6 is 0 Å². The highest BCUT2D eigenvalue weighted by Gasteiger charge is 2.20. The Hall–Kier alpha value is -0.913. The second-order valence-corrected chi connectivity index (χ2v) is 7.82. The molecule has 0 radical (unpaired) electrons. The van der Waals surface area contributed by atoms with Crippen LogP contribution < -0.4 is 0 Å². The van der Waals surface area contributed by atoms with Gasteiger partial charge in [0.15, 0.2) is 0 Å². The van der Waals surface area contributed by atoms with Gasteiger partial charge in [-0.05, 0) is 19.6 Å². The first-order valence-corrected chi connectivity index (χ1v) is 7.06. The molecule has 0 spiro atoms. The third kappa shape index (κ3) is 7.20. The largest absolute Gasteiger partial charge is 0.520 e. The van der Waals surface area contributed by atoms with Gasteiger partial charge in [-0.2, -0.15) is 0 Å². The summed E-state index contributed by atoms with van der Waals surface area (Å²) in [5.74, 6) is -0.467. The van der Waals surface area contributed by atoms with Gasteiger partial charge in [-0.15, -0.1) is 0 Å². The van der Waals surface area contributed by atoms with Crippen molar-refractivity contribution in [1.29, 1.82) is 0 Å². The molecule has 0 aromatic carbocycles. The molecule has 0 heterocycles. The molecule has 6 heteroatoms. The zero-order valence-corrected chi connectivity index (χ0v) is 8.49. The van der Waals surface area contributed by atoms with Crippen LogP contribution in [0.3, 0.4) is 0 Å². The van der Waals surface area contributed by atoms with Gasteiger partial charge in [0, 0.05) is 4.92 Å². The van der Waals surface area contributed by atoms with Gasteiger partial charge in [0.1, 0.15) is 6.42 Å². The van der Waals surface area contributed by atoms with E-state index in [9.17, 15) is 14.9 Å². The zero-order valence-electron chi connectivity index (χ0n) is 7.49. The standard InChI is InChI=1S/C6H13NO4Si/c1-12(2,3)11-6(8)4-5-7(9)10/h4-5H2,1-3H3. The van der Waals surface area contributed by atoms with E-state index in [4.69, 9.17) is 4.43 Å². The summed E-state index contributed by atoms with van der Waals surface area (Å²) in [4.78, 5) is 20.2. The first kappa shape index (κ1) is 11.1. The molecule has 0 atom stereocenters. The van der Waals surface area contributed by atoms with Gasteiger partial charge in [-0.25, -0.2) is 0 Å². The number of carbonyl (C=O) groups is 1. The number of hydrogen-bond donors (Lipinski definition) is 0. The topological polar surface area (TPSA) is 69.4 Å². The average molecular weight is 191 g/mol. The Morgan fingerprint density at radius 1 is 1.50 bits per heavy atom. The lowest BCUT2D eigenvalue weighted by Crippen LogP contribution is -2.29. The maximum absolute atomic E-state index is 10.9. The van der Waals surface area contributed by atoms with Crippen LogP contribution in [0.1, 0.15) is 6.42 Å². The Morgan fingerprint density at radius 2 is 2.00 bits per heavy atom. The molecule has 0 N–H and O–H groups in total. The molecule has 0 bridgehead atoms. The smallest absolute Gasteiger partial charge is 0.299 e. The van der Waals surface area contributed by atoms with Crippen molar-refractivity contribution < 1.29 is 14.1 Å². The summed E-state index contributed by atoms with van der Waals surface area (Å²) in [6.07, 6.45) is -0.128. The molecule has 0 amide bonds. The summed E-state index contributed by atoms with van der Waals surface area (Å²) >= 11 is 0. The fourth-order valence-corrected chi connectivity index (χ4v) is 1.36. The summed E-state index contributed by atoms with van der Waals surface area (Å²) in [5, 5.41) is 9.88. The second-order valence-electron chi connectivity index (χ2n) is 3.39. The number of nitro groups is 1. The van der Waals surface area contributed by atoms with E-state index >= 15 is 0 Å². The van der Waals surface area contributed by atoms with Crippen molar-refractivity contribution in [2.24, 2.45) is 0 Å². The number of rotatable bonds is 4. The quantitative estimate of drug-likeness (QED) is 0.378. The van der Waals surface area contributed by atoms with Gasteiger partial charge in [-0.3, -0.25) is 14.9 Å². The first-order chi connectivity index (χ1) is 5.31. The van der Waals surface area contributed by atoms with Crippen LogP contribution in [0.4, 0.5) is 0 Å². The molecule has 0 saturated carbocycles. The average Bonchev–Trinajstić information content (AvgIpc) is 1.79. The summed E-state index contributed by atoms with van der Waals surface area (Å²) in [6.45, 7) is 5.23. The van der Waals surface area contributed by atoms with Crippen molar-refractivity contribution in [3.8, 4) is 0 Å². The fraction of sp³-hybridized carbons (Fsp3) is 0.833. The van der Waals surface area contributed by atoms with Crippen molar-refractivity contribution in [3.63, 3.8) is 0 Å². The van der Waals surface area contributed by atoms with Crippen molar-refractivity contribution in [2.45, 2.75) is 26.1 Å². The predicted molar refractivity (Wildman–Crippen MR) is 45.9 cm³/mol. The highest BCUT2D eigenvalue weighted by atomic mass is 28.4. The van der Waals surface area contributed by atoms with Gasteiger partial charge in [0.05, 0.1) is 0 Å². The van der Waals surface area contributed by atoms with Crippen LogP contribution in [-0.2, 0) is 9.22 Å². The van der Waals surface area contributed by atoms with E-state index in [2.05, 4.69) is 0 Å². The number of carbonyl (C=O) groups excluding carboxylic acids is 1. The van der Waals surface area contributed by atoms with E-state index < -0.39 is 19.2 Å². The van der Waals surface area contributed by atoms with E-state index in [1.807, 2.05) is 19.6 Å². The summed E-state index contributed by atoms with van der Waals surface area (Å²) in [7, 11) is -1.86. The summed E-state index contributed by atoms with van der Waals surface area (Å²) in [6, 6.07) is 0. The van der Waals surface area contributed by atoms with Crippen molar-refractivity contribution >= 4 is 14.3 Å². The molecule has 0 fully saturated rings. The lowest BCUT2D eigenvalue weighted by Gasteiger charge is -2.16. The molecule has 0 aromatic rings. The summed E-state index contributed by atoms with van der Waals surface area (Å²) in [5.41, 5.74) is 0. The number of hydrogen-bond acceptors (Lipinski definition) is 4. The Kier molecular flexibility index (Phi) is 3.88. The van der Waals surface area contributed by atoms with E-state index in [0.717, 1.165) is 0 Å². The van der Waals surface area contributed by atoms with Gasteiger partial charge in [0.2, 0.25) is 14.9 Å². The normalized spacial score (nSPS) is 10.9. The zero-order chi connectivity index (χ0) is 9.78. The van der Waals surface area contributed by atoms with Crippen LogP contribution in [0.25, 0.3) is 0 Å². The van der Waals surface area contributed by atoms with Crippen LogP contribution in [0.15, 0.2) is 0 Å². The van der Waals surface area contributed by atoms with Crippen molar-refractivity contribution in [1.82, 2.24) is 0 Å². The SMILES string of the molecule is C[Si](C)(C)OC(=O)CC[N+](=O)[O-]. The minimum absolute atomic E-state index is 0.128. The molecule has 0 unspecified atom stereocenters. The Balaban J connectivity index is 3.68. The van der Waals surface area contributed by atoms with E-state index in [1.54, 1.807) is 0 Å². The van der Waals surface area contributed by atoms with E-state index in [0.29, 0.717) is 0 Å². The van der Waals surface area contributed by atoms with Gasteiger partial charge in [0.25, 0.3) is 5.97 Å². The molecule has 70 valence electrons. The third-order valence-corrected chi connectivity index (χ3v) is 1.76. The third-order valence-electron chi connectivity index (χ3n) is 0.919. The Morgan fingerprint density at radius 3 is 2.33 bits per heavy atom. The van der Waals surface area contributed by atoms with Crippen molar-refractivity contribution in [3.05, 3.63) is 10.1 Å². The van der Waals surface area contributed by atoms with Gasteiger partial charge < -0.3 is 4.43 Å². The Bertz CT molecular complexity index is 186. The van der Waals surface area contributed by atoms with E-state index in [1.165, 1.54) is 0 Å². The number of nitrogens with zero attached hydrogens (tertiary/aromatic N) is 1. The molecule has 5 nitrogen and oxygen atoms in total. The Labute approximate surface area is 72.0 Å². The molecular formula is C6H13NO4Si. The van der Waals surface area contributed by atoms with Crippen LogP contribution in [-0.4, -0.2) is 25.8 Å². The first-order valence-electron chi connectivity index (χ1n) is 3.65. The second kappa shape index (κ2) is 4.20. The minimum Gasteiger partial charge on any atom is -0.520 e. The fourth-order valence-electron chi connectivity index (χ4n) is 0.575. The van der Waals surface area contributed by atoms with E-state index in [-0.39, 0.29) is 13.0 Å².